The van der Waals surface area contributed by atoms with E-state index in [9.17, 15) is 4.79 Å². The monoisotopic (exact) mass is 347 g/mol. The van der Waals surface area contributed by atoms with Crippen LogP contribution in [0.4, 0.5) is 4.79 Å². The normalized spacial score (nSPS) is 11.7. The Bertz CT molecular complexity index is 589. The van der Waals surface area contributed by atoms with Crippen LogP contribution >= 0.6 is 15.9 Å². The lowest BCUT2D eigenvalue weighted by Gasteiger charge is -2.15. The van der Waals surface area contributed by atoms with E-state index in [1.165, 1.54) is 0 Å². The Kier molecular flexibility index (Phi) is 5.75. The fourth-order valence-corrected chi connectivity index (χ4v) is 2.39. The summed E-state index contributed by atoms with van der Waals surface area (Å²) in [6.45, 7) is 2.56. The lowest BCUT2D eigenvalue weighted by molar-refractivity contribution is 0.238. The maximum atomic E-state index is 11.9. The summed E-state index contributed by atoms with van der Waals surface area (Å²) in [5.74, 6) is 0. The Morgan fingerprint density at radius 2 is 2.05 bits per heavy atom. The van der Waals surface area contributed by atoms with Gasteiger partial charge in [0.25, 0.3) is 0 Å². The van der Waals surface area contributed by atoms with Crippen LogP contribution in [0.1, 0.15) is 24.1 Å². The second-order valence-electron chi connectivity index (χ2n) is 4.78. The predicted octanol–water partition coefficient (Wildman–Crippen LogP) is 3.45. The molecule has 0 radical (unpaired) electrons. The van der Waals surface area contributed by atoms with Gasteiger partial charge in [-0.25, -0.2) is 4.79 Å². The molecule has 0 saturated heterocycles. The van der Waals surface area contributed by atoms with Gasteiger partial charge in [-0.05, 0) is 48.7 Å². The van der Waals surface area contributed by atoms with Gasteiger partial charge in [-0.3, -0.25) is 4.98 Å². The first-order valence-corrected chi connectivity index (χ1v) is 7.63. The number of halogens is 1. The molecule has 0 bridgehead atoms. The van der Waals surface area contributed by atoms with E-state index in [-0.39, 0.29) is 12.1 Å². The van der Waals surface area contributed by atoms with Crippen LogP contribution in [0, 0.1) is 0 Å². The molecule has 5 heteroatoms. The molecule has 1 aromatic carbocycles. The molecule has 0 aliphatic heterocycles. The molecule has 0 aliphatic rings. The number of benzene rings is 1. The number of hydrogen-bond acceptors (Lipinski definition) is 2. The zero-order valence-electron chi connectivity index (χ0n) is 11.8. The van der Waals surface area contributed by atoms with Crippen LogP contribution in [0.25, 0.3) is 0 Å². The minimum Gasteiger partial charge on any atom is -0.338 e. The Hall–Kier alpha value is -1.88. The van der Waals surface area contributed by atoms with E-state index in [1.807, 2.05) is 43.3 Å². The number of carbonyl (C=O) groups excluding carboxylic acids is 1. The maximum Gasteiger partial charge on any atom is 0.315 e. The molecule has 110 valence electrons. The van der Waals surface area contributed by atoms with Gasteiger partial charge in [-0.15, -0.1) is 0 Å². The standard InChI is InChI=1S/C16H18BrN3O/c1-12(14-3-2-4-15(17)11-14)20-16(21)19-10-7-13-5-8-18-9-6-13/h2-6,8-9,11-12H,7,10H2,1H3,(H2,19,20,21)/t12-/m1/s1. The van der Waals surface area contributed by atoms with Gasteiger partial charge in [-0.1, -0.05) is 28.1 Å². The minimum atomic E-state index is -0.156. The Balaban J connectivity index is 1.76. The van der Waals surface area contributed by atoms with Gasteiger partial charge in [0.2, 0.25) is 0 Å². The second kappa shape index (κ2) is 7.78. The van der Waals surface area contributed by atoms with E-state index in [2.05, 4.69) is 31.5 Å². The second-order valence-corrected chi connectivity index (χ2v) is 5.70. The minimum absolute atomic E-state index is 0.0385. The molecule has 1 atom stereocenters. The van der Waals surface area contributed by atoms with Crippen molar-refractivity contribution in [3.05, 3.63) is 64.4 Å². The number of rotatable bonds is 5. The van der Waals surface area contributed by atoms with Gasteiger partial charge in [0.15, 0.2) is 0 Å². The van der Waals surface area contributed by atoms with Crippen LogP contribution in [-0.2, 0) is 6.42 Å². The number of carbonyl (C=O) groups is 1. The molecule has 0 spiro atoms. The van der Waals surface area contributed by atoms with Crippen molar-refractivity contribution in [3.8, 4) is 0 Å². The van der Waals surface area contributed by atoms with Crippen LogP contribution in [0.15, 0.2) is 53.3 Å². The third-order valence-corrected chi connectivity index (χ3v) is 3.64. The molecule has 2 amide bonds. The van der Waals surface area contributed by atoms with Gasteiger partial charge in [0.1, 0.15) is 0 Å². The number of pyridine rings is 1. The van der Waals surface area contributed by atoms with Crippen molar-refractivity contribution >= 4 is 22.0 Å². The highest BCUT2D eigenvalue weighted by Crippen LogP contribution is 2.17. The molecule has 0 fully saturated rings. The zero-order valence-corrected chi connectivity index (χ0v) is 13.4. The summed E-state index contributed by atoms with van der Waals surface area (Å²) >= 11 is 3.43. The molecule has 21 heavy (non-hydrogen) atoms. The Labute approximate surface area is 133 Å². The first kappa shape index (κ1) is 15.5. The van der Waals surface area contributed by atoms with Crippen LogP contribution in [0.3, 0.4) is 0 Å². The number of nitrogens with one attached hydrogen (secondary N) is 2. The van der Waals surface area contributed by atoms with Crippen LogP contribution in [-0.4, -0.2) is 17.6 Å². The van der Waals surface area contributed by atoms with E-state index < -0.39 is 0 Å². The molecule has 4 nitrogen and oxygen atoms in total. The molecule has 1 heterocycles. The van der Waals surface area contributed by atoms with Crippen molar-refractivity contribution in [1.82, 2.24) is 15.6 Å². The summed E-state index contributed by atoms with van der Waals surface area (Å²) in [4.78, 5) is 15.8. The SMILES string of the molecule is C[C@@H](NC(=O)NCCc1ccncc1)c1cccc(Br)c1. The topological polar surface area (TPSA) is 54.0 Å². The smallest absolute Gasteiger partial charge is 0.315 e. The van der Waals surface area contributed by atoms with Gasteiger partial charge in [0, 0.05) is 23.4 Å². The predicted molar refractivity (Wildman–Crippen MR) is 87.0 cm³/mol. The number of amides is 2. The largest absolute Gasteiger partial charge is 0.338 e. The maximum absolute atomic E-state index is 11.9. The van der Waals surface area contributed by atoms with Crippen molar-refractivity contribution in [2.45, 2.75) is 19.4 Å². The molecular formula is C16H18BrN3O. The third-order valence-electron chi connectivity index (χ3n) is 3.14. The summed E-state index contributed by atoms with van der Waals surface area (Å²) in [5, 5.41) is 5.79. The van der Waals surface area contributed by atoms with Gasteiger partial charge >= 0.3 is 6.03 Å². The molecule has 2 aromatic rings. The molecule has 2 rings (SSSR count). The highest BCUT2D eigenvalue weighted by atomic mass is 79.9. The molecular weight excluding hydrogens is 330 g/mol. The van der Waals surface area contributed by atoms with Crippen molar-refractivity contribution < 1.29 is 4.79 Å². The van der Waals surface area contributed by atoms with Crippen LogP contribution in [0.5, 0.6) is 0 Å². The fourth-order valence-electron chi connectivity index (χ4n) is 1.98. The van der Waals surface area contributed by atoms with Crippen molar-refractivity contribution in [2.75, 3.05) is 6.54 Å². The fraction of sp³-hybridized carbons (Fsp3) is 0.250. The average molecular weight is 348 g/mol. The molecule has 0 aliphatic carbocycles. The molecule has 0 saturated carbocycles. The lowest BCUT2D eigenvalue weighted by Crippen LogP contribution is -2.38. The summed E-state index contributed by atoms with van der Waals surface area (Å²) in [5.41, 5.74) is 2.22. The third kappa shape index (κ3) is 5.19. The average Bonchev–Trinajstić information content (AvgIpc) is 2.48. The first-order chi connectivity index (χ1) is 10.1. The zero-order chi connectivity index (χ0) is 15.1. The number of nitrogens with zero attached hydrogens (tertiary/aromatic N) is 1. The van der Waals surface area contributed by atoms with Gasteiger partial charge < -0.3 is 10.6 Å². The van der Waals surface area contributed by atoms with Crippen molar-refractivity contribution in [1.29, 1.82) is 0 Å². The van der Waals surface area contributed by atoms with E-state index in [0.29, 0.717) is 6.54 Å². The molecule has 1 aromatic heterocycles. The number of hydrogen-bond donors (Lipinski definition) is 2. The van der Waals surface area contributed by atoms with E-state index in [4.69, 9.17) is 0 Å². The van der Waals surface area contributed by atoms with Gasteiger partial charge in [-0.2, -0.15) is 0 Å². The summed E-state index contributed by atoms with van der Waals surface area (Å²) < 4.78 is 1.01. The summed E-state index contributed by atoms with van der Waals surface area (Å²) in [7, 11) is 0. The van der Waals surface area contributed by atoms with Crippen molar-refractivity contribution in [2.24, 2.45) is 0 Å². The van der Waals surface area contributed by atoms with Gasteiger partial charge in [0.05, 0.1) is 6.04 Å². The molecule has 2 N–H and O–H groups in total. The quantitative estimate of drug-likeness (QED) is 0.870. The summed E-state index contributed by atoms with van der Waals surface area (Å²) in [6, 6.07) is 11.6. The van der Waals surface area contributed by atoms with Crippen LogP contribution < -0.4 is 10.6 Å². The van der Waals surface area contributed by atoms with Crippen molar-refractivity contribution in [3.63, 3.8) is 0 Å². The first-order valence-electron chi connectivity index (χ1n) is 6.84. The number of urea groups is 1. The highest BCUT2D eigenvalue weighted by Gasteiger charge is 2.09. The Morgan fingerprint density at radius 3 is 2.76 bits per heavy atom. The summed E-state index contributed by atoms with van der Waals surface area (Å²) in [6.07, 6.45) is 4.30. The highest BCUT2D eigenvalue weighted by molar-refractivity contribution is 9.10. The lowest BCUT2D eigenvalue weighted by atomic mass is 10.1. The van der Waals surface area contributed by atoms with E-state index in [0.717, 1.165) is 22.0 Å². The molecule has 0 unspecified atom stereocenters. The van der Waals surface area contributed by atoms with E-state index >= 15 is 0 Å². The Morgan fingerprint density at radius 1 is 1.29 bits per heavy atom. The van der Waals surface area contributed by atoms with Crippen LogP contribution in [0.2, 0.25) is 0 Å². The van der Waals surface area contributed by atoms with E-state index in [1.54, 1.807) is 12.4 Å². The number of aromatic nitrogens is 1.